The molecule has 62 valence electrons. The van der Waals surface area contributed by atoms with E-state index in [9.17, 15) is 0 Å². The van der Waals surface area contributed by atoms with Gasteiger partial charge in [-0.2, -0.15) is 0 Å². The Balaban J connectivity index is 0.000000281. The zero-order chi connectivity index (χ0) is 8.27. The van der Waals surface area contributed by atoms with Crippen LogP contribution in [0.25, 0.3) is 0 Å². The van der Waals surface area contributed by atoms with E-state index in [1.807, 2.05) is 13.8 Å². The molecule has 0 aromatic carbocycles. The summed E-state index contributed by atoms with van der Waals surface area (Å²) < 4.78 is 0. The Labute approximate surface area is 70.0 Å². The van der Waals surface area contributed by atoms with E-state index in [1.165, 1.54) is 12.8 Å². The van der Waals surface area contributed by atoms with Gasteiger partial charge in [-0.3, -0.25) is 0 Å². The molecular weight excluding hydrogens is 132 g/mol. The standard InChI is InChI=1S/C9H12.C2H6/c1-7-5-8-3-2-4-9(8)6-7;1-2/h2-3,6-8H,4-5H2,1H3;1-2H3. The number of allylic oxidation sites excluding steroid dienone is 4. The molecule has 0 saturated carbocycles. The topological polar surface area (TPSA) is 0 Å². The van der Waals surface area contributed by atoms with Gasteiger partial charge in [0.1, 0.15) is 0 Å². The minimum atomic E-state index is 0.833. The summed E-state index contributed by atoms with van der Waals surface area (Å²) >= 11 is 0. The lowest BCUT2D eigenvalue weighted by molar-refractivity contribution is 0.624. The third kappa shape index (κ3) is 1.74. The first-order valence-corrected chi connectivity index (χ1v) is 4.73. The quantitative estimate of drug-likeness (QED) is 0.463. The Morgan fingerprint density at radius 2 is 2.09 bits per heavy atom. The summed E-state index contributed by atoms with van der Waals surface area (Å²) in [5.41, 5.74) is 1.67. The van der Waals surface area contributed by atoms with E-state index >= 15 is 0 Å². The third-order valence-electron chi connectivity index (χ3n) is 2.32. The lowest BCUT2D eigenvalue weighted by atomic mass is 10.0. The average Bonchev–Trinajstić information content (AvgIpc) is 2.51. The van der Waals surface area contributed by atoms with Crippen LogP contribution in [0, 0.1) is 11.8 Å². The fourth-order valence-corrected chi connectivity index (χ4v) is 1.90. The first-order chi connectivity index (χ1) is 5.36. The summed E-state index contributed by atoms with van der Waals surface area (Å²) in [6, 6.07) is 0. The smallest absolute Gasteiger partial charge is 0.00145 e. The van der Waals surface area contributed by atoms with Gasteiger partial charge in [-0.15, -0.1) is 0 Å². The van der Waals surface area contributed by atoms with Gasteiger partial charge in [-0.1, -0.05) is 44.6 Å². The van der Waals surface area contributed by atoms with Gasteiger partial charge < -0.3 is 0 Å². The molecule has 0 N–H and O–H groups in total. The zero-order valence-corrected chi connectivity index (χ0v) is 7.80. The second-order valence-corrected chi connectivity index (χ2v) is 3.19. The molecule has 2 atom stereocenters. The molecule has 2 aliphatic carbocycles. The maximum Gasteiger partial charge on any atom is -0.00145 e. The van der Waals surface area contributed by atoms with Crippen molar-refractivity contribution in [2.45, 2.75) is 33.6 Å². The van der Waals surface area contributed by atoms with Crippen LogP contribution < -0.4 is 0 Å². The molecule has 0 heterocycles. The summed E-state index contributed by atoms with van der Waals surface area (Å²) in [7, 11) is 0. The molecule has 0 aromatic heterocycles. The van der Waals surface area contributed by atoms with E-state index in [1.54, 1.807) is 5.57 Å². The Kier molecular flexibility index (Phi) is 2.92. The maximum atomic E-state index is 2.44. The van der Waals surface area contributed by atoms with Crippen molar-refractivity contribution >= 4 is 0 Å². The number of hydrogen-bond donors (Lipinski definition) is 0. The number of rotatable bonds is 0. The van der Waals surface area contributed by atoms with E-state index in [0.29, 0.717) is 0 Å². The monoisotopic (exact) mass is 150 g/mol. The van der Waals surface area contributed by atoms with Crippen molar-refractivity contribution in [1.29, 1.82) is 0 Å². The molecule has 2 unspecified atom stereocenters. The lowest BCUT2D eigenvalue weighted by Gasteiger charge is -2.00. The molecular formula is C11H18. The van der Waals surface area contributed by atoms with Crippen molar-refractivity contribution in [1.82, 2.24) is 0 Å². The first-order valence-electron chi connectivity index (χ1n) is 4.73. The highest BCUT2D eigenvalue weighted by atomic mass is 14.3. The highest BCUT2D eigenvalue weighted by Crippen LogP contribution is 2.37. The Morgan fingerprint density at radius 3 is 2.73 bits per heavy atom. The highest BCUT2D eigenvalue weighted by Gasteiger charge is 2.23. The largest absolute Gasteiger partial charge is 0.0838 e. The molecule has 11 heavy (non-hydrogen) atoms. The fourth-order valence-electron chi connectivity index (χ4n) is 1.90. The van der Waals surface area contributed by atoms with Crippen molar-refractivity contribution in [3.63, 3.8) is 0 Å². The van der Waals surface area contributed by atoms with Gasteiger partial charge in [0, 0.05) is 0 Å². The van der Waals surface area contributed by atoms with Crippen LogP contribution in [-0.4, -0.2) is 0 Å². The van der Waals surface area contributed by atoms with Crippen molar-refractivity contribution < 1.29 is 0 Å². The van der Waals surface area contributed by atoms with E-state index in [2.05, 4.69) is 25.2 Å². The van der Waals surface area contributed by atoms with Crippen LogP contribution in [0.4, 0.5) is 0 Å². The fraction of sp³-hybridized carbons (Fsp3) is 0.636. The van der Waals surface area contributed by atoms with Crippen LogP contribution in [0.3, 0.4) is 0 Å². The molecule has 0 nitrogen and oxygen atoms in total. The predicted molar refractivity (Wildman–Crippen MR) is 50.5 cm³/mol. The Bertz CT molecular complexity index is 174. The van der Waals surface area contributed by atoms with Crippen LogP contribution in [-0.2, 0) is 0 Å². The lowest BCUT2D eigenvalue weighted by Crippen LogP contribution is -1.89. The zero-order valence-electron chi connectivity index (χ0n) is 7.80. The van der Waals surface area contributed by atoms with E-state index < -0.39 is 0 Å². The third-order valence-corrected chi connectivity index (χ3v) is 2.32. The summed E-state index contributed by atoms with van der Waals surface area (Å²) in [5, 5.41) is 0. The van der Waals surface area contributed by atoms with E-state index in [-0.39, 0.29) is 0 Å². The predicted octanol–water partition coefficient (Wildman–Crippen LogP) is 3.55. The van der Waals surface area contributed by atoms with Gasteiger partial charge in [0.25, 0.3) is 0 Å². The van der Waals surface area contributed by atoms with Gasteiger partial charge in [0.15, 0.2) is 0 Å². The summed E-state index contributed by atoms with van der Waals surface area (Å²) in [6.07, 6.45) is 9.68. The number of hydrogen-bond acceptors (Lipinski definition) is 0. The molecule has 0 bridgehead atoms. The number of fused-ring (bicyclic) bond motifs is 1. The molecule has 0 saturated heterocycles. The van der Waals surface area contributed by atoms with Gasteiger partial charge in [0.05, 0.1) is 0 Å². The molecule has 2 aliphatic rings. The SMILES string of the molecule is CC.CC1C=C2CC=CC2C1. The first kappa shape index (κ1) is 8.58. The Hall–Kier alpha value is -0.520. The summed E-state index contributed by atoms with van der Waals surface area (Å²) in [4.78, 5) is 0. The van der Waals surface area contributed by atoms with Crippen LogP contribution in [0.15, 0.2) is 23.8 Å². The van der Waals surface area contributed by atoms with Gasteiger partial charge in [0.2, 0.25) is 0 Å². The van der Waals surface area contributed by atoms with E-state index in [4.69, 9.17) is 0 Å². The minimum Gasteiger partial charge on any atom is -0.0838 e. The molecule has 0 aliphatic heterocycles. The molecule has 0 amide bonds. The Morgan fingerprint density at radius 1 is 1.36 bits per heavy atom. The molecule has 2 rings (SSSR count). The van der Waals surface area contributed by atoms with Crippen molar-refractivity contribution in [3.8, 4) is 0 Å². The summed E-state index contributed by atoms with van der Waals surface area (Å²) in [5.74, 6) is 1.68. The normalized spacial score (nSPS) is 32.5. The molecule has 0 spiro atoms. The van der Waals surface area contributed by atoms with Crippen molar-refractivity contribution in [2.24, 2.45) is 11.8 Å². The van der Waals surface area contributed by atoms with Crippen LogP contribution in [0.2, 0.25) is 0 Å². The van der Waals surface area contributed by atoms with Crippen LogP contribution in [0.1, 0.15) is 33.6 Å². The molecule has 0 radical (unpaired) electrons. The van der Waals surface area contributed by atoms with E-state index in [0.717, 1.165) is 11.8 Å². The maximum absolute atomic E-state index is 2.44. The molecule has 0 aromatic rings. The second-order valence-electron chi connectivity index (χ2n) is 3.19. The van der Waals surface area contributed by atoms with Gasteiger partial charge >= 0.3 is 0 Å². The van der Waals surface area contributed by atoms with Crippen LogP contribution >= 0.6 is 0 Å². The average molecular weight is 150 g/mol. The molecule has 0 fully saturated rings. The van der Waals surface area contributed by atoms with Gasteiger partial charge in [-0.25, -0.2) is 0 Å². The molecule has 0 heteroatoms. The highest BCUT2D eigenvalue weighted by molar-refractivity contribution is 5.28. The van der Waals surface area contributed by atoms with Crippen LogP contribution in [0.5, 0.6) is 0 Å². The van der Waals surface area contributed by atoms with Gasteiger partial charge in [-0.05, 0) is 24.7 Å². The van der Waals surface area contributed by atoms with Crippen molar-refractivity contribution in [2.75, 3.05) is 0 Å². The second kappa shape index (κ2) is 3.75. The summed E-state index contributed by atoms with van der Waals surface area (Å²) in [6.45, 7) is 6.30. The minimum absolute atomic E-state index is 0.833. The van der Waals surface area contributed by atoms with Crippen molar-refractivity contribution in [3.05, 3.63) is 23.8 Å².